The Hall–Kier alpha value is -0.200. The van der Waals surface area contributed by atoms with Crippen molar-refractivity contribution in [3.05, 3.63) is 34.3 Å². The quantitative estimate of drug-likeness (QED) is 0.642. The largest absolute Gasteiger partial charge is 0.122 e. The maximum absolute atomic E-state index is 6.19. The van der Waals surface area contributed by atoms with Gasteiger partial charge in [-0.3, -0.25) is 0 Å². The summed E-state index contributed by atoms with van der Waals surface area (Å²) in [5.41, 5.74) is 2.49. The molecule has 0 heterocycles. The minimum Gasteiger partial charge on any atom is -0.122 e. The van der Waals surface area contributed by atoms with Gasteiger partial charge < -0.3 is 0 Å². The van der Waals surface area contributed by atoms with Crippen LogP contribution in [-0.4, -0.2) is 0 Å². The van der Waals surface area contributed by atoms with E-state index < -0.39 is 0 Å². The molecular formula is C12H14Cl2. The molecule has 0 radical (unpaired) electrons. The third-order valence-corrected chi connectivity index (χ3v) is 3.66. The van der Waals surface area contributed by atoms with E-state index in [1.807, 2.05) is 12.1 Å². The minimum atomic E-state index is 0.580. The van der Waals surface area contributed by atoms with E-state index in [-0.39, 0.29) is 0 Å². The van der Waals surface area contributed by atoms with Crippen molar-refractivity contribution in [2.75, 3.05) is 0 Å². The molecule has 1 aromatic rings. The molecule has 0 aliphatic heterocycles. The van der Waals surface area contributed by atoms with E-state index in [0.717, 1.165) is 5.02 Å². The van der Waals surface area contributed by atoms with Crippen molar-refractivity contribution in [1.82, 2.24) is 0 Å². The SMILES string of the molecule is ClCc1ccc(Cl)c(C2CCCC2)c1. The highest BCUT2D eigenvalue weighted by atomic mass is 35.5. The molecule has 0 amide bonds. The van der Waals surface area contributed by atoms with Gasteiger partial charge in [0.05, 0.1) is 0 Å². The maximum atomic E-state index is 6.19. The summed E-state index contributed by atoms with van der Waals surface area (Å²) in [7, 11) is 0. The van der Waals surface area contributed by atoms with Gasteiger partial charge in [-0.2, -0.15) is 0 Å². The monoisotopic (exact) mass is 228 g/mol. The summed E-state index contributed by atoms with van der Waals surface area (Å²) in [5, 5.41) is 0.908. The van der Waals surface area contributed by atoms with Crippen LogP contribution in [-0.2, 0) is 5.88 Å². The lowest BCUT2D eigenvalue weighted by Crippen LogP contribution is -1.94. The van der Waals surface area contributed by atoms with Gasteiger partial charge in [-0.25, -0.2) is 0 Å². The maximum Gasteiger partial charge on any atom is 0.0474 e. The van der Waals surface area contributed by atoms with Gasteiger partial charge in [0.15, 0.2) is 0 Å². The van der Waals surface area contributed by atoms with E-state index in [1.54, 1.807) is 0 Å². The van der Waals surface area contributed by atoms with Crippen LogP contribution in [0, 0.1) is 0 Å². The van der Waals surface area contributed by atoms with Crippen LogP contribution >= 0.6 is 23.2 Å². The molecule has 0 saturated heterocycles. The van der Waals surface area contributed by atoms with E-state index in [2.05, 4.69) is 6.07 Å². The van der Waals surface area contributed by atoms with Gasteiger partial charge in [-0.1, -0.05) is 36.6 Å². The van der Waals surface area contributed by atoms with Crippen molar-refractivity contribution in [3.63, 3.8) is 0 Å². The van der Waals surface area contributed by atoms with Gasteiger partial charge in [0, 0.05) is 10.9 Å². The number of alkyl halides is 1. The predicted molar refractivity (Wildman–Crippen MR) is 62.2 cm³/mol. The molecule has 0 unspecified atom stereocenters. The molecule has 1 aromatic carbocycles. The fraction of sp³-hybridized carbons (Fsp3) is 0.500. The smallest absolute Gasteiger partial charge is 0.0474 e. The van der Waals surface area contributed by atoms with Crippen molar-refractivity contribution in [3.8, 4) is 0 Å². The summed E-state index contributed by atoms with van der Waals surface area (Å²) in [4.78, 5) is 0. The molecule has 0 nitrogen and oxygen atoms in total. The first-order chi connectivity index (χ1) is 6.81. The zero-order chi connectivity index (χ0) is 9.97. The van der Waals surface area contributed by atoms with E-state index in [1.165, 1.54) is 36.8 Å². The summed E-state index contributed by atoms with van der Waals surface area (Å²) < 4.78 is 0. The van der Waals surface area contributed by atoms with Gasteiger partial charge >= 0.3 is 0 Å². The average Bonchev–Trinajstić information content (AvgIpc) is 2.71. The normalized spacial score (nSPS) is 17.6. The third-order valence-electron chi connectivity index (χ3n) is 3.01. The summed E-state index contributed by atoms with van der Waals surface area (Å²) in [5.74, 6) is 1.25. The molecule has 0 atom stereocenters. The predicted octanol–water partition coefficient (Wildman–Crippen LogP) is 4.74. The van der Waals surface area contributed by atoms with Crippen LogP contribution in [0.5, 0.6) is 0 Å². The summed E-state index contributed by atoms with van der Waals surface area (Å²) in [6, 6.07) is 6.16. The zero-order valence-electron chi connectivity index (χ0n) is 8.10. The van der Waals surface area contributed by atoms with Crippen LogP contribution in [0.3, 0.4) is 0 Å². The lowest BCUT2D eigenvalue weighted by Gasteiger charge is -2.12. The Balaban J connectivity index is 2.29. The molecule has 14 heavy (non-hydrogen) atoms. The van der Waals surface area contributed by atoms with E-state index in [0.29, 0.717) is 11.8 Å². The Morgan fingerprint density at radius 2 is 1.93 bits per heavy atom. The molecule has 1 aliphatic rings. The van der Waals surface area contributed by atoms with Crippen molar-refractivity contribution in [1.29, 1.82) is 0 Å². The van der Waals surface area contributed by atoms with Gasteiger partial charge in [-0.05, 0) is 36.0 Å². The number of benzene rings is 1. The zero-order valence-corrected chi connectivity index (χ0v) is 9.61. The molecule has 0 N–H and O–H groups in total. The number of hydrogen-bond donors (Lipinski definition) is 0. The molecule has 0 aromatic heterocycles. The van der Waals surface area contributed by atoms with E-state index in [9.17, 15) is 0 Å². The average molecular weight is 229 g/mol. The topological polar surface area (TPSA) is 0 Å². The second kappa shape index (κ2) is 4.55. The highest BCUT2D eigenvalue weighted by Gasteiger charge is 2.19. The molecule has 0 bridgehead atoms. The summed E-state index contributed by atoms with van der Waals surface area (Å²) in [6.07, 6.45) is 5.25. The van der Waals surface area contributed by atoms with Gasteiger partial charge in [-0.15, -0.1) is 11.6 Å². The standard InChI is InChI=1S/C12H14Cl2/c13-8-9-5-6-12(14)11(7-9)10-3-1-2-4-10/h5-7,10H,1-4,8H2. The lowest BCUT2D eigenvalue weighted by molar-refractivity contribution is 0.722. The van der Waals surface area contributed by atoms with Gasteiger partial charge in [0.25, 0.3) is 0 Å². The lowest BCUT2D eigenvalue weighted by atomic mass is 9.96. The molecule has 1 aliphatic carbocycles. The Labute approximate surface area is 95.2 Å². The fourth-order valence-electron chi connectivity index (χ4n) is 2.23. The molecule has 1 fully saturated rings. The summed E-state index contributed by atoms with van der Waals surface area (Å²) >= 11 is 12.0. The Morgan fingerprint density at radius 1 is 1.21 bits per heavy atom. The molecule has 76 valence electrons. The van der Waals surface area contributed by atoms with Crippen molar-refractivity contribution in [2.24, 2.45) is 0 Å². The molecular weight excluding hydrogens is 215 g/mol. The van der Waals surface area contributed by atoms with E-state index in [4.69, 9.17) is 23.2 Å². The molecule has 1 saturated carbocycles. The van der Waals surface area contributed by atoms with Gasteiger partial charge in [0.2, 0.25) is 0 Å². The van der Waals surface area contributed by atoms with Crippen LogP contribution in [0.15, 0.2) is 18.2 Å². The second-order valence-corrected chi connectivity index (χ2v) is 4.65. The van der Waals surface area contributed by atoms with Crippen LogP contribution in [0.25, 0.3) is 0 Å². The molecule has 0 spiro atoms. The minimum absolute atomic E-state index is 0.580. The van der Waals surface area contributed by atoms with E-state index >= 15 is 0 Å². The van der Waals surface area contributed by atoms with Gasteiger partial charge in [0.1, 0.15) is 0 Å². The second-order valence-electron chi connectivity index (χ2n) is 3.97. The van der Waals surface area contributed by atoms with Crippen LogP contribution in [0.4, 0.5) is 0 Å². The first-order valence-corrected chi connectivity index (χ1v) is 6.07. The summed E-state index contributed by atoms with van der Waals surface area (Å²) in [6.45, 7) is 0. The van der Waals surface area contributed by atoms with Crippen molar-refractivity contribution in [2.45, 2.75) is 37.5 Å². The third kappa shape index (κ3) is 2.07. The first-order valence-electron chi connectivity index (χ1n) is 5.15. The number of halogens is 2. The molecule has 2 rings (SSSR count). The first kappa shape index (κ1) is 10.3. The number of rotatable bonds is 2. The van der Waals surface area contributed by atoms with Crippen molar-refractivity contribution >= 4 is 23.2 Å². The van der Waals surface area contributed by atoms with Crippen LogP contribution in [0.2, 0.25) is 5.02 Å². The number of hydrogen-bond acceptors (Lipinski definition) is 0. The fourth-order valence-corrected chi connectivity index (χ4v) is 2.66. The Morgan fingerprint density at radius 3 is 2.57 bits per heavy atom. The Bertz CT molecular complexity index is 314. The van der Waals surface area contributed by atoms with Crippen molar-refractivity contribution < 1.29 is 0 Å². The highest BCUT2D eigenvalue weighted by Crippen LogP contribution is 2.38. The van der Waals surface area contributed by atoms with Crippen LogP contribution in [0.1, 0.15) is 42.7 Å². The molecule has 2 heteroatoms. The van der Waals surface area contributed by atoms with Crippen LogP contribution < -0.4 is 0 Å². The highest BCUT2D eigenvalue weighted by molar-refractivity contribution is 6.31. The Kier molecular flexibility index (Phi) is 3.35.